The third kappa shape index (κ3) is 35.1. The molecule has 1 saturated heterocycles. The molecule has 7 N–H and O–H groups in total. The summed E-state index contributed by atoms with van der Waals surface area (Å²) in [6.07, 6.45) is 3.47. The molecule has 2 amide bonds. The maximum absolute atomic E-state index is 12.5. The molecule has 148 heavy (non-hydrogen) atoms. The molecule has 35 heteroatoms. The first-order chi connectivity index (χ1) is 69.3. The number of benzene rings is 5. The minimum Gasteiger partial charge on any atom is -0.492 e. The normalized spacial score (nSPS) is 12.6. The Labute approximate surface area is 886 Å². The number of carbonyl (C=O) groups is 2. The quantitative estimate of drug-likeness (QED) is 0.0243. The summed E-state index contributed by atoms with van der Waals surface area (Å²) < 4.78 is 59.6. The minimum atomic E-state index is -0.912. The number of fused-ring (bicyclic) bond motifs is 5. The molecule has 0 aliphatic carbocycles. The van der Waals surface area contributed by atoms with Crippen LogP contribution in [0.1, 0.15) is 198 Å². The van der Waals surface area contributed by atoms with Crippen molar-refractivity contribution in [1.82, 2.24) is 64.6 Å². The van der Waals surface area contributed by atoms with E-state index in [0.29, 0.717) is 74.3 Å². The fraction of sp³-hybridized carbons (Fsp3) is 0.442. The summed E-state index contributed by atoms with van der Waals surface area (Å²) in [7, 11) is 3.40. The number of morpholine rings is 1. The highest BCUT2D eigenvalue weighted by atomic mass is 32.1. The predicted molar refractivity (Wildman–Crippen MR) is 603 cm³/mol. The van der Waals surface area contributed by atoms with E-state index in [4.69, 9.17) is 88.0 Å². The van der Waals surface area contributed by atoms with Crippen LogP contribution < -0.4 is 69.6 Å². The van der Waals surface area contributed by atoms with E-state index >= 15 is 0 Å². The van der Waals surface area contributed by atoms with Gasteiger partial charge in [-0.15, -0.1) is 45.3 Å². The Morgan fingerprint density at radius 3 is 0.959 bits per heavy atom. The average Bonchev–Trinajstić information content (AvgIpc) is 1.42. The Hall–Kier alpha value is -13.0. The molecule has 15 aromatic rings. The number of nitrogens with zero attached hydrogens (tertiary/aromatic N) is 13. The largest absolute Gasteiger partial charge is 0.492 e. The van der Waals surface area contributed by atoms with Crippen LogP contribution in [0.5, 0.6) is 51.7 Å². The van der Waals surface area contributed by atoms with Gasteiger partial charge in [0.05, 0.1) is 86.8 Å². The monoisotopic (exact) mass is 2090 g/mol. The summed E-state index contributed by atoms with van der Waals surface area (Å²) in [5, 5.41) is 39.3. The van der Waals surface area contributed by atoms with Crippen LogP contribution in [-0.4, -0.2) is 212 Å². The molecule has 0 atom stereocenters. The van der Waals surface area contributed by atoms with E-state index in [0.717, 1.165) is 172 Å². The van der Waals surface area contributed by atoms with E-state index in [2.05, 4.69) is 122 Å². The van der Waals surface area contributed by atoms with Gasteiger partial charge in [0.15, 0.2) is 33.7 Å². The van der Waals surface area contributed by atoms with Crippen molar-refractivity contribution in [2.24, 2.45) is 5.73 Å². The van der Waals surface area contributed by atoms with Gasteiger partial charge in [-0.3, -0.25) is 14.6 Å². The van der Waals surface area contributed by atoms with Crippen molar-refractivity contribution in [2.45, 2.75) is 264 Å². The van der Waals surface area contributed by atoms with Gasteiger partial charge in [0.1, 0.15) is 121 Å². The van der Waals surface area contributed by atoms with Crippen LogP contribution in [0.3, 0.4) is 0 Å². The molecule has 5 aromatic carbocycles. The van der Waals surface area contributed by atoms with Crippen molar-refractivity contribution in [1.29, 1.82) is 0 Å². The van der Waals surface area contributed by atoms with Crippen LogP contribution in [0.15, 0.2) is 155 Å². The van der Waals surface area contributed by atoms with E-state index in [1.807, 2.05) is 249 Å². The zero-order chi connectivity index (χ0) is 108. The molecule has 790 valence electrons. The summed E-state index contributed by atoms with van der Waals surface area (Å²) in [5.74, 6) is 6.20. The second kappa shape index (κ2) is 48.5. The maximum Gasteiger partial charge on any atom is 0.260 e. The Morgan fingerprint density at radius 1 is 0.378 bits per heavy atom. The lowest BCUT2D eigenvalue weighted by Gasteiger charge is -2.26. The predicted octanol–water partition coefficient (Wildman–Crippen LogP) is 24.9. The van der Waals surface area contributed by atoms with E-state index in [9.17, 15) is 14.7 Å². The number of thiazole rings is 4. The van der Waals surface area contributed by atoms with Crippen molar-refractivity contribution in [3.8, 4) is 109 Å². The number of pyridine rings is 5. The van der Waals surface area contributed by atoms with Crippen molar-refractivity contribution in [3.05, 3.63) is 166 Å². The number of aliphatic hydroxyl groups is 1. The first kappa shape index (κ1) is 114. The smallest absolute Gasteiger partial charge is 0.260 e. The summed E-state index contributed by atoms with van der Waals surface area (Å²) in [6, 6.07) is 39.9. The molecule has 31 nitrogen and oxygen atoms in total. The lowest BCUT2D eigenvalue weighted by atomic mass is 10.1. The van der Waals surface area contributed by atoms with Gasteiger partial charge in [0, 0.05) is 166 Å². The number of hydrogen-bond acceptors (Lipinski definition) is 33. The zero-order valence-corrected chi connectivity index (χ0v) is 94.6. The van der Waals surface area contributed by atoms with Gasteiger partial charge >= 0.3 is 0 Å². The van der Waals surface area contributed by atoms with Gasteiger partial charge in [-0.05, 0) is 267 Å². The standard InChI is InChI=1S/C25H32N4O4S.C23H30N4O3S.C23H32N4O2S.C23H31N3O3S.C19H21N3O/c1-16(2)26-24-28-21(15-34-24)20-13-22(33-25(3,4)5)18-7-6-17(12-19(18)27-20)32-14-23(30)29-8-10-31-11-9-29;1-14(2)24-22-26-19(13-31-22)18-11-20(30-23(3,4)5)16-9-8-15(10-17(16)25-18)29-12-21(28)27(6)7;1-14(2)25-21-27-19(12-30-21)18-11-20(29-22(3,4)5)16-9-8-15(10-17(16)26-18)28-13-23(6,7)24;1-14(2)24-21-26-19(12-30-21)18-11-20(29-22(3,4)5)16-9-8-15(10-17(16)25-18)28-13-23(6,7)27;1-12-6-7-14-15(8-12)22-16(9-18(14)23-19(3,4)5)17-11-20-10-13(2)21-17/h6-7,12-13,15-16H,8-11,14H2,1-5H3,(H,26,28);8-11,13-14H,12H2,1-7H3,(H,24,26);8-12,14H,13,24H2,1-7H3,(H,25,27);8-12,14,27H,13H2,1-7H3,(H,24,26);6-11H,1-5H3. The molecule has 11 heterocycles. The molecule has 10 aromatic heterocycles. The minimum absolute atomic E-state index is 0.0210. The van der Waals surface area contributed by atoms with Crippen LogP contribution in [0.4, 0.5) is 20.5 Å². The van der Waals surface area contributed by atoms with Crippen LogP contribution in [-0.2, 0) is 14.3 Å². The van der Waals surface area contributed by atoms with Crippen molar-refractivity contribution >= 4 is 132 Å². The summed E-state index contributed by atoms with van der Waals surface area (Å²) >= 11 is 6.22. The summed E-state index contributed by atoms with van der Waals surface area (Å²) in [6.45, 7) is 61.2. The number of nitrogens with two attached hydrogens (primary N) is 1. The van der Waals surface area contributed by atoms with Crippen molar-refractivity contribution < 1.29 is 62.1 Å². The van der Waals surface area contributed by atoms with Crippen molar-refractivity contribution in [2.75, 3.05) is 88.1 Å². The Morgan fingerprint density at radius 2 is 0.669 bits per heavy atom. The number of rotatable bonds is 30. The number of likely N-dealkylation sites (N-methyl/N-ethyl adjacent to an activating group) is 1. The number of anilines is 4. The molecule has 16 rings (SSSR count). The Balaban J connectivity index is 0.000000165. The molecule has 0 saturated carbocycles. The number of carbonyl (C=O) groups excluding carboxylic acids is 2. The lowest BCUT2D eigenvalue weighted by Crippen LogP contribution is -2.42. The molecule has 0 bridgehead atoms. The molecule has 0 spiro atoms. The third-order valence-electron chi connectivity index (χ3n) is 20.5. The number of aryl methyl sites for hydroxylation is 2. The molecule has 1 aliphatic rings. The first-order valence-electron chi connectivity index (χ1n) is 49.7. The van der Waals surface area contributed by atoms with Gasteiger partial charge in [0.2, 0.25) is 0 Å². The number of ether oxygens (including phenoxy) is 10. The van der Waals surface area contributed by atoms with Gasteiger partial charge < -0.3 is 89.3 Å². The van der Waals surface area contributed by atoms with Gasteiger partial charge in [-0.1, -0.05) is 6.07 Å². The second-order valence-electron chi connectivity index (χ2n) is 44.0. The van der Waals surface area contributed by atoms with Gasteiger partial charge in [-0.2, -0.15) is 0 Å². The summed E-state index contributed by atoms with van der Waals surface area (Å²) in [5.41, 5.74) is 16.6. The van der Waals surface area contributed by atoms with Crippen LogP contribution in [0.2, 0.25) is 0 Å². The fourth-order valence-electron chi connectivity index (χ4n) is 14.4. The Bertz CT molecular complexity index is 6880. The van der Waals surface area contributed by atoms with Crippen LogP contribution in [0.25, 0.3) is 111 Å². The highest BCUT2D eigenvalue weighted by Gasteiger charge is 2.28. The van der Waals surface area contributed by atoms with Crippen LogP contribution >= 0.6 is 45.3 Å². The second-order valence-corrected chi connectivity index (χ2v) is 47.4. The van der Waals surface area contributed by atoms with Crippen LogP contribution in [0, 0.1) is 13.8 Å². The maximum atomic E-state index is 12.5. The lowest BCUT2D eigenvalue weighted by molar-refractivity contribution is -0.137. The van der Waals surface area contributed by atoms with E-state index in [1.165, 1.54) is 10.5 Å². The molecule has 0 unspecified atom stereocenters. The van der Waals surface area contributed by atoms with Crippen molar-refractivity contribution in [3.63, 3.8) is 0 Å². The number of hydrogen-bond donors (Lipinski definition) is 6. The first-order valence-corrected chi connectivity index (χ1v) is 53.2. The number of amides is 2. The molecular weight excluding hydrogens is 1950 g/mol. The molecule has 1 aliphatic heterocycles. The molecule has 0 radical (unpaired) electrons. The third-order valence-corrected chi connectivity index (χ3v) is 23.6. The van der Waals surface area contributed by atoms with Gasteiger partial charge in [-0.25, -0.2) is 49.8 Å². The average molecular weight is 2090 g/mol. The van der Waals surface area contributed by atoms with E-state index in [1.54, 1.807) is 90.6 Å². The van der Waals surface area contributed by atoms with E-state index in [-0.39, 0.29) is 59.6 Å². The summed E-state index contributed by atoms with van der Waals surface area (Å²) in [4.78, 5) is 79.2. The zero-order valence-electron chi connectivity index (χ0n) is 91.3. The Kier molecular flexibility index (Phi) is 37.3. The molecule has 1 fully saturated rings. The number of nitrogens with one attached hydrogen (secondary N) is 4. The number of aromatic nitrogens is 11. The highest BCUT2D eigenvalue weighted by molar-refractivity contribution is 7.15. The molecular formula is C113H146N18O13S4. The SMILES string of the molecule is CC(C)Nc1nc(-c2cc(OC(C)(C)C)c3ccc(OCC(=O)N(C)C)cc3n2)cs1.CC(C)Nc1nc(-c2cc(OC(C)(C)C)c3ccc(OCC(=O)N4CCOCC4)cc3n2)cs1.CC(C)Nc1nc(-c2cc(OC(C)(C)C)c3ccc(OCC(C)(C)N)cc3n2)cs1.CC(C)Nc1nc(-c2cc(OC(C)(C)C)c3ccc(OCC(C)(C)O)cc3n2)cs1.Cc1ccc2c(OC(C)(C)C)cc(-c3cncc(C)n3)nc2c1. The van der Waals surface area contributed by atoms with E-state index < -0.39 is 11.1 Å². The highest BCUT2D eigenvalue weighted by Crippen LogP contribution is 2.43. The fourth-order valence-corrected chi connectivity index (χ4v) is 17.8. The topological polar surface area (TPSA) is 369 Å². The van der Waals surface area contributed by atoms with Gasteiger partial charge in [0.25, 0.3) is 11.8 Å².